The zero-order chi connectivity index (χ0) is 4.99. The molecule has 0 saturated heterocycles. The summed E-state index contributed by atoms with van der Waals surface area (Å²) in [5, 5.41) is 0. The van der Waals surface area contributed by atoms with Crippen molar-refractivity contribution in [2.24, 2.45) is 0 Å². The van der Waals surface area contributed by atoms with Crippen LogP contribution in [0.1, 0.15) is 6.92 Å². The molecule has 0 unspecified atom stereocenters. The van der Waals surface area contributed by atoms with Crippen molar-refractivity contribution in [3.05, 3.63) is 11.6 Å². The average Bonchev–Trinajstić information content (AvgIpc) is 1.35. The molecule has 0 N–H and O–H groups in total. The minimum absolute atomic E-state index is 0.0417. The van der Waals surface area contributed by atoms with E-state index in [-0.39, 0.29) is 19.6 Å². The van der Waals surface area contributed by atoms with Crippen molar-refractivity contribution in [3.8, 4) is 0 Å². The molecule has 0 spiro atoms. The van der Waals surface area contributed by atoms with E-state index in [1.54, 1.807) is 11.9 Å². The van der Waals surface area contributed by atoms with Crippen LogP contribution in [0.3, 0.4) is 0 Å². The van der Waals surface area contributed by atoms with Gasteiger partial charge in [0.25, 0.3) is 0 Å². The van der Waals surface area contributed by atoms with E-state index in [9.17, 15) is 4.79 Å². The molecule has 0 radical (unpaired) electrons. The molecule has 34 valence electrons. The monoisotopic (exact) mass is 150 g/mol. The van der Waals surface area contributed by atoms with Gasteiger partial charge in [0.1, 0.15) is 0 Å². The van der Waals surface area contributed by atoms with E-state index in [4.69, 9.17) is 0 Å². The Morgan fingerprint density at radius 3 is 2.50 bits per heavy atom. The van der Waals surface area contributed by atoms with Crippen molar-refractivity contribution >= 4 is 19.6 Å². The molecule has 0 aromatic carbocycles. The number of rotatable bonds is 2. The molecule has 2 heteroatoms. The van der Waals surface area contributed by atoms with Crippen molar-refractivity contribution in [2.75, 3.05) is 0 Å². The summed E-state index contributed by atoms with van der Waals surface area (Å²) >= 11 is 0.0417. The molecule has 0 fully saturated rings. The summed E-state index contributed by atoms with van der Waals surface area (Å²) in [5.41, 5.74) is 0. The van der Waals surface area contributed by atoms with Crippen molar-refractivity contribution < 1.29 is 4.79 Å². The topological polar surface area (TPSA) is 17.1 Å². The molecule has 0 heterocycles. The molecule has 0 aromatic rings. The second-order valence-electron chi connectivity index (χ2n) is 0.776. The molecular weight excluding hydrogens is 143 g/mol. The van der Waals surface area contributed by atoms with E-state index in [0.717, 1.165) is 0 Å². The molecule has 0 aliphatic heterocycles. The fraction of sp³-hybridized carbons (Fsp3) is 0.250. The summed E-state index contributed by atoms with van der Waals surface area (Å²) in [7, 11) is 0. The Morgan fingerprint density at radius 1 is 2.00 bits per heavy atom. The van der Waals surface area contributed by atoms with Crippen LogP contribution in [-0.4, -0.2) is 19.6 Å². The Morgan fingerprint density at radius 2 is 2.50 bits per heavy atom. The summed E-state index contributed by atoms with van der Waals surface area (Å²) < 4.78 is 0.234. The number of carbonyl (C=O) groups is 1. The Bertz CT molecular complexity index is 67.9. The molecule has 0 aromatic heterocycles. The van der Waals surface area contributed by atoms with Crippen LogP contribution >= 0.6 is 0 Å². The van der Waals surface area contributed by atoms with Gasteiger partial charge in [-0.05, 0) is 0 Å². The second-order valence-corrected chi connectivity index (χ2v) is 3.18. The van der Waals surface area contributed by atoms with E-state index >= 15 is 0 Å². The number of carbonyl (C=O) groups excluding carboxylic acids is 1. The summed E-state index contributed by atoms with van der Waals surface area (Å²) in [4.78, 5) is 11.7. The van der Waals surface area contributed by atoms with Gasteiger partial charge in [-0.1, -0.05) is 0 Å². The van der Waals surface area contributed by atoms with Crippen LogP contribution < -0.4 is 0 Å². The minimum atomic E-state index is 0.0417. The Balaban J connectivity index is 3.05. The Hall–Kier alpha value is -0.0705. The molecule has 1 nitrogen and oxygen atoms in total. The number of hydrogen-bond donors (Lipinski definition) is 0. The van der Waals surface area contributed by atoms with E-state index < -0.39 is 0 Å². The molecule has 0 aliphatic rings. The SMILES string of the molecule is C=C[Se]C(C)=O. The van der Waals surface area contributed by atoms with Crippen LogP contribution in [0.25, 0.3) is 0 Å². The summed E-state index contributed by atoms with van der Waals surface area (Å²) in [6.07, 6.45) is 0. The number of hydrogen-bond acceptors (Lipinski definition) is 1. The Kier molecular flexibility index (Phi) is 3.10. The zero-order valence-corrected chi connectivity index (χ0v) is 5.31. The third kappa shape index (κ3) is 3.93. The first kappa shape index (κ1) is 5.93. The van der Waals surface area contributed by atoms with E-state index in [1.807, 2.05) is 0 Å². The van der Waals surface area contributed by atoms with Crippen molar-refractivity contribution in [1.29, 1.82) is 0 Å². The summed E-state index contributed by atoms with van der Waals surface area (Å²) in [5.74, 6) is 0. The third-order valence-corrected chi connectivity index (χ3v) is 1.30. The molecule has 0 atom stereocenters. The van der Waals surface area contributed by atoms with Gasteiger partial charge in [0.15, 0.2) is 0 Å². The molecular formula is C4H6OSe. The van der Waals surface area contributed by atoms with E-state index in [2.05, 4.69) is 6.58 Å². The van der Waals surface area contributed by atoms with Crippen LogP contribution in [0.4, 0.5) is 0 Å². The molecule has 0 bridgehead atoms. The van der Waals surface area contributed by atoms with Crippen molar-refractivity contribution in [3.63, 3.8) is 0 Å². The predicted octanol–water partition coefficient (Wildman–Crippen LogP) is 0.381. The van der Waals surface area contributed by atoms with Gasteiger partial charge in [-0.3, -0.25) is 0 Å². The summed E-state index contributed by atoms with van der Waals surface area (Å²) in [6.45, 7) is 4.98. The fourth-order valence-corrected chi connectivity index (χ4v) is 0.610. The first-order chi connectivity index (χ1) is 2.77. The standard InChI is InChI=1S/C4H6OSe/c1-3-6-4(2)5/h3H,1H2,2H3. The second kappa shape index (κ2) is 3.13. The first-order valence-corrected chi connectivity index (χ1v) is 3.40. The van der Waals surface area contributed by atoms with Gasteiger partial charge in [0, 0.05) is 0 Å². The quantitative estimate of drug-likeness (QED) is 0.518. The predicted molar refractivity (Wildman–Crippen MR) is 26.6 cm³/mol. The van der Waals surface area contributed by atoms with Crippen LogP contribution in [0.5, 0.6) is 0 Å². The molecule has 6 heavy (non-hydrogen) atoms. The van der Waals surface area contributed by atoms with Gasteiger partial charge in [-0.2, -0.15) is 0 Å². The van der Waals surface area contributed by atoms with Crippen LogP contribution in [0, 0.1) is 0 Å². The van der Waals surface area contributed by atoms with Crippen molar-refractivity contribution in [2.45, 2.75) is 6.92 Å². The van der Waals surface area contributed by atoms with Crippen LogP contribution in [0.2, 0.25) is 0 Å². The molecule has 0 aliphatic carbocycles. The van der Waals surface area contributed by atoms with Gasteiger partial charge in [-0.15, -0.1) is 0 Å². The zero-order valence-electron chi connectivity index (χ0n) is 3.60. The Labute approximate surface area is 43.6 Å². The van der Waals surface area contributed by atoms with Crippen LogP contribution in [0.15, 0.2) is 11.6 Å². The van der Waals surface area contributed by atoms with Crippen LogP contribution in [-0.2, 0) is 4.79 Å². The van der Waals surface area contributed by atoms with Gasteiger partial charge >= 0.3 is 42.9 Å². The first-order valence-electron chi connectivity index (χ1n) is 1.55. The van der Waals surface area contributed by atoms with E-state index in [0.29, 0.717) is 0 Å². The molecule has 0 amide bonds. The molecule has 0 saturated carbocycles. The normalized spacial score (nSPS) is 7.50. The molecule has 0 rings (SSSR count). The van der Waals surface area contributed by atoms with Crippen molar-refractivity contribution in [1.82, 2.24) is 0 Å². The van der Waals surface area contributed by atoms with Gasteiger partial charge < -0.3 is 0 Å². The summed E-state index contributed by atoms with van der Waals surface area (Å²) in [6, 6.07) is 0. The van der Waals surface area contributed by atoms with Gasteiger partial charge in [0.2, 0.25) is 0 Å². The maximum atomic E-state index is 10.0. The maximum absolute atomic E-state index is 10.0. The fourth-order valence-electron chi connectivity index (χ4n) is 0.117. The average molecular weight is 149 g/mol. The van der Waals surface area contributed by atoms with Gasteiger partial charge in [0.05, 0.1) is 0 Å². The third-order valence-electron chi connectivity index (χ3n) is 0.249. The van der Waals surface area contributed by atoms with Gasteiger partial charge in [-0.25, -0.2) is 0 Å². The van der Waals surface area contributed by atoms with E-state index in [1.165, 1.54) is 0 Å².